The number of amides is 2. The summed E-state index contributed by atoms with van der Waals surface area (Å²) in [7, 11) is 1.80. The van der Waals surface area contributed by atoms with Crippen LogP contribution in [0.1, 0.15) is 33.6 Å². The Labute approximate surface area is 144 Å². The molecule has 2 rings (SSSR count). The first kappa shape index (κ1) is 18.8. The maximum atomic E-state index is 12.1. The number of carbonyl (C=O) groups is 2. The van der Waals surface area contributed by atoms with Crippen LogP contribution in [0.4, 0.5) is 9.59 Å². The lowest BCUT2D eigenvalue weighted by Gasteiger charge is -2.35. The third-order valence-corrected chi connectivity index (χ3v) is 4.37. The summed E-state index contributed by atoms with van der Waals surface area (Å²) in [5.74, 6) is 0.446. The van der Waals surface area contributed by atoms with Crippen molar-refractivity contribution in [3.05, 3.63) is 0 Å². The van der Waals surface area contributed by atoms with E-state index in [1.54, 1.807) is 16.8 Å². The summed E-state index contributed by atoms with van der Waals surface area (Å²) in [6, 6.07) is 0. The summed E-state index contributed by atoms with van der Waals surface area (Å²) in [4.78, 5) is 29.4. The van der Waals surface area contributed by atoms with E-state index in [0.717, 1.165) is 32.5 Å². The average molecular weight is 341 g/mol. The van der Waals surface area contributed by atoms with Crippen molar-refractivity contribution in [3.8, 4) is 0 Å². The van der Waals surface area contributed by atoms with Crippen LogP contribution in [0.15, 0.2) is 0 Å². The zero-order chi connectivity index (χ0) is 17.7. The molecule has 0 aromatic rings. The van der Waals surface area contributed by atoms with Crippen LogP contribution in [0, 0.1) is 5.92 Å². The number of cyclic esters (lactones) is 1. The standard InChI is InChI=1S/C17H31N3O4/c1-17(2,3)24-15(21)18(4)12-14-6-5-7-19(13-14)8-9-20-10-11-23-16(20)22/h14H,5-13H2,1-4H3/t14-/m1/s1. The van der Waals surface area contributed by atoms with E-state index in [1.165, 1.54) is 0 Å². The lowest BCUT2D eigenvalue weighted by atomic mass is 9.97. The summed E-state index contributed by atoms with van der Waals surface area (Å²) in [5, 5.41) is 0. The molecule has 0 aromatic heterocycles. The molecule has 1 atom stereocenters. The topological polar surface area (TPSA) is 62.3 Å². The van der Waals surface area contributed by atoms with E-state index >= 15 is 0 Å². The Morgan fingerprint density at radius 3 is 2.71 bits per heavy atom. The zero-order valence-corrected chi connectivity index (χ0v) is 15.4. The predicted octanol–water partition coefficient (Wildman–Crippen LogP) is 2.02. The molecule has 2 aliphatic heterocycles. The molecule has 0 N–H and O–H groups in total. The van der Waals surface area contributed by atoms with Gasteiger partial charge >= 0.3 is 12.2 Å². The SMILES string of the molecule is CN(C[C@H]1CCCN(CCN2CCOC2=O)C1)C(=O)OC(C)(C)C. The van der Waals surface area contributed by atoms with E-state index in [2.05, 4.69) is 4.90 Å². The highest BCUT2D eigenvalue weighted by Gasteiger charge is 2.27. The minimum Gasteiger partial charge on any atom is -0.448 e. The highest BCUT2D eigenvalue weighted by molar-refractivity contribution is 5.69. The molecule has 0 aromatic carbocycles. The summed E-state index contributed by atoms with van der Waals surface area (Å²) >= 11 is 0. The van der Waals surface area contributed by atoms with Gasteiger partial charge in [-0.3, -0.25) is 0 Å². The fourth-order valence-corrected chi connectivity index (χ4v) is 3.20. The van der Waals surface area contributed by atoms with Crippen LogP contribution in [0.2, 0.25) is 0 Å². The van der Waals surface area contributed by atoms with Crippen molar-refractivity contribution in [3.63, 3.8) is 0 Å². The Hall–Kier alpha value is -1.50. The largest absolute Gasteiger partial charge is 0.448 e. The van der Waals surface area contributed by atoms with Gasteiger partial charge in [-0.2, -0.15) is 0 Å². The number of nitrogens with zero attached hydrogens (tertiary/aromatic N) is 3. The van der Waals surface area contributed by atoms with Crippen molar-refractivity contribution in [1.29, 1.82) is 0 Å². The summed E-state index contributed by atoms with van der Waals surface area (Å²) in [6.07, 6.45) is 1.78. The second-order valence-corrected chi connectivity index (χ2v) is 7.77. The molecule has 0 radical (unpaired) electrons. The van der Waals surface area contributed by atoms with Gasteiger partial charge in [0.1, 0.15) is 12.2 Å². The van der Waals surface area contributed by atoms with Gasteiger partial charge in [0.2, 0.25) is 0 Å². The van der Waals surface area contributed by atoms with Crippen molar-refractivity contribution in [2.75, 3.05) is 52.9 Å². The highest BCUT2D eigenvalue weighted by Crippen LogP contribution is 2.18. The van der Waals surface area contributed by atoms with Gasteiger partial charge in [0.05, 0.1) is 6.54 Å². The molecule has 7 heteroatoms. The van der Waals surface area contributed by atoms with Gasteiger partial charge < -0.3 is 24.2 Å². The normalized spacial score (nSPS) is 22.4. The zero-order valence-electron chi connectivity index (χ0n) is 15.4. The number of likely N-dealkylation sites (tertiary alicyclic amines) is 1. The van der Waals surface area contributed by atoms with Gasteiger partial charge in [0.15, 0.2) is 0 Å². The maximum absolute atomic E-state index is 12.1. The number of piperidine rings is 1. The van der Waals surface area contributed by atoms with Crippen LogP contribution in [-0.2, 0) is 9.47 Å². The minimum absolute atomic E-state index is 0.201. The number of carbonyl (C=O) groups excluding carboxylic acids is 2. The molecule has 0 bridgehead atoms. The Bertz CT molecular complexity index is 450. The van der Waals surface area contributed by atoms with E-state index in [0.29, 0.717) is 32.2 Å². The molecule has 24 heavy (non-hydrogen) atoms. The molecule has 138 valence electrons. The number of hydrogen-bond acceptors (Lipinski definition) is 5. The number of rotatable bonds is 5. The Kier molecular flexibility index (Phi) is 6.32. The van der Waals surface area contributed by atoms with Crippen LogP contribution in [0.5, 0.6) is 0 Å². The highest BCUT2D eigenvalue weighted by atomic mass is 16.6. The molecule has 2 amide bonds. The lowest BCUT2D eigenvalue weighted by Crippen LogP contribution is -2.45. The van der Waals surface area contributed by atoms with Crippen molar-refractivity contribution >= 4 is 12.2 Å². The van der Waals surface area contributed by atoms with Gasteiger partial charge in [0, 0.05) is 33.2 Å². The Balaban J connectivity index is 1.74. The van der Waals surface area contributed by atoms with Gasteiger partial charge in [-0.1, -0.05) is 0 Å². The van der Waals surface area contributed by atoms with Gasteiger partial charge in [-0.15, -0.1) is 0 Å². The van der Waals surface area contributed by atoms with Crippen molar-refractivity contribution in [2.24, 2.45) is 5.92 Å². The smallest absolute Gasteiger partial charge is 0.410 e. The first-order chi connectivity index (χ1) is 11.2. The van der Waals surface area contributed by atoms with Gasteiger partial charge in [-0.25, -0.2) is 9.59 Å². The van der Waals surface area contributed by atoms with Gasteiger partial charge in [0.25, 0.3) is 0 Å². The molecule has 2 heterocycles. The molecule has 7 nitrogen and oxygen atoms in total. The molecule has 0 saturated carbocycles. The summed E-state index contributed by atoms with van der Waals surface area (Å²) in [6.45, 7) is 11.1. The summed E-state index contributed by atoms with van der Waals surface area (Å²) < 4.78 is 10.4. The number of hydrogen-bond donors (Lipinski definition) is 0. The molecular formula is C17H31N3O4. The van der Waals surface area contributed by atoms with Crippen molar-refractivity contribution < 1.29 is 19.1 Å². The lowest BCUT2D eigenvalue weighted by molar-refractivity contribution is 0.0242. The summed E-state index contributed by atoms with van der Waals surface area (Å²) in [5.41, 5.74) is -0.464. The van der Waals surface area contributed by atoms with E-state index in [9.17, 15) is 9.59 Å². The molecular weight excluding hydrogens is 310 g/mol. The molecule has 0 aliphatic carbocycles. The van der Waals surface area contributed by atoms with Crippen molar-refractivity contribution in [2.45, 2.75) is 39.2 Å². The fourth-order valence-electron chi connectivity index (χ4n) is 3.20. The monoisotopic (exact) mass is 341 g/mol. The van der Waals surface area contributed by atoms with Crippen LogP contribution < -0.4 is 0 Å². The average Bonchev–Trinajstić information content (AvgIpc) is 2.89. The second-order valence-electron chi connectivity index (χ2n) is 7.77. The Morgan fingerprint density at radius 1 is 1.33 bits per heavy atom. The van der Waals surface area contributed by atoms with Crippen LogP contribution in [0.25, 0.3) is 0 Å². The first-order valence-corrected chi connectivity index (χ1v) is 8.83. The molecule has 2 saturated heterocycles. The molecule has 2 fully saturated rings. The van der Waals surface area contributed by atoms with E-state index in [4.69, 9.17) is 9.47 Å². The van der Waals surface area contributed by atoms with Crippen LogP contribution in [-0.4, -0.2) is 85.4 Å². The van der Waals surface area contributed by atoms with E-state index in [-0.39, 0.29) is 12.2 Å². The van der Waals surface area contributed by atoms with Crippen LogP contribution >= 0.6 is 0 Å². The Morgan fingerprint density at radius 2 is 2.08 bits per heavy atom. The third-order valence-electron chi connectivity index (χ3n) is 4.37. The minimum atomic E-state index is -0.464. The van der Waals surface area contributed by atoms with Crippen LogP contribution in [0.3, 0.4) is 0 Å². The first-order valence-electron chi connectivity index (χ1n) is 8.83. The van der Waals surface area contributed by atoms with Crippen molar-refractivity contribution in [1.82, 2.24) is 14.7 Å². The van der Waals surface area contributed by atoms with Gasteiger partial charge in [-0.05, 0) is 46.1 Å². The fraction of sp³-hybridized carbons (Fsp3) is 0.882. The quantitative estimate of drug-likeness (QED) is 0.765. The number of ether oxygens (including phenoxy) is 2. The van der Waals surface area contributed by atoms with E-state index < -0.39 is 5.60 Å². The molecule has 0 spiro atoms. The molecule has 0 unspecified atom stereocenters. The maximum Gasteiger partial charge on any atom is 0.410 e. The predicted molar refractivity (Wildman–Crippen MR) is 90.9 cm³/mol. The van der Waals surface area contributed by atoms with E-state index in [1.807, 2.05) is 20.8 Å². The second kappa shape index (κ2) is 8.05. The molecule has 2 aliphatic rings. The third kappa shape index (κ3) is 5.85.